The summed E-state index contributed by atoms with van der Waals surface area (Å²) in [6, 6.07) is 0. The molecular weight excluding hydrogens is 1150 g/mol. The van der Waals surface area contributed by atoms with Gasteiger partial charge < -0.3 is 33.3 Å². The highest BCUT2D eigenvalue weighted by atomic mass is 16.7. The van der Waals surface area contributed by atoms with Gasteiger partial charge in [0.15, 0.2) is 12.4 Å². The van der Waals surface area contributed by atoms with Gasteiger partial charge in [0, 0.05) is 12.8 Å². The molecule has 0 aromatic carbocycles. The smallest absolute Gasteiger partial charge is 0.306 e. The second-order valence-electron chi connectivity index (χ2n) is 25.8. The van der Waals surface area contributed by atoms with E-state index in [0.29, 0.717) is 17.4 Å². The molecule has 0 rings (SSSR count). The zero-order valence-electron chi connectivity index (χ0n) is 60.3. The van der Waals surface area contributed by atoms with Crippen LogP contribution in [0.25, 0.3) is 0 Å². The molecule has 0 bridgehead atoms. The fourth-order valence-corrected chi connectivity index (χ4v) is 10.1. The molecule has 0 aliphatic carbocycles. The summed E-state index contributed by atoms with van der Waals surface area (Å²) >= 11 is 0. The van der Waals surface area contributed by atoms with E-state index in [1.165, 1.54) is 122 Å². The topological polar surface area (TPSA) is 111 Å². The number of esters is 2. The number of ether oxygens (including phenoxy) is 4. The molecule has 2 atom stereocenters. The summed E-state index contributed by atoms with van der Waals surface area (Å²) in [6.07, 6.45) is 105. The van der Waals surface area contributed by atoms with Crippen molar-refractivity contribution < 1.29 is 42.9 Å². The number of carbonyl (C=O) groups is 3. The maximum atomic E-state index is 12.9. The van der Waals surface area contributed by atoms with Gasteiger partial charge in [-0.05, 0) is 122 Å². The molecule has 0 heterocycles. The third-order valence-electron chi connectivity index (χ3n) is 15.8. The first kappa shape index (κ1) is 87.9. The number of rotatable bonds is 68. The van der Waals surface area contributed by atoms with Crippen LogP contribution >= 0.6 is 0 Å². The van der Waals surface area contributed by atoms with E-state index in [4.69, 9.17) is 18.9 Å². The quantitative estimate of drug-likeness (QED) is 0.0195. The molecule has 0 amide bonds. The molecule has 0 N–H and O–H groups in total. The van der Waals surface area contributed by atoms with Crippen LogP contribution in [0, 0.1) is 0 Å². The summed E-state index contributed by atoms with van der Waals surface area (Å²) in [5.41, 5.74) is 0. The minimum Gasteiger partial charge on any atom is -0.545 e. The number of nitrogens with zero attached hydrogens (tertiary/aromatic N) is 1. The predicted octanol–water partition coefficient (Wildman–Crippen LogP) is 22.7. The standard InChI is InChI=1S/C84H139NO8/c1-6-8-10-12-14-16-18-20-22-24-26-28-30-32-34-36-38-39-40-41-42-43-45-46-48-50-52-54-56-58-60-62-64-66-68-70-72-74-81(86)91-78-80(79-92-84(83(88)89)90-77-76-85(3,4)5)93-82(87)75-73-71-69-67-65-63-61-59-57-55-53-51-49-47-44-37-35-33-31-29-27-25-23-21-19-17-15-13-11-9-7-2/h8-11,14-17,20-23,26-29,32-35,44,47,51,53,57,59,80,84H,6-7,12-13,18-19,24-25,30-31,36-43,45-46,48-50,52,54-56,58,60-79H2,1-5H3/b10-8-,11-9-,16-14-,17-15-,22-20-,23-21-,28-26-,29-27-,34-32-,35-33-,47-44-,53-51-,59-57-. The van der Waals surface area contributed by atoms with Gasteiger partial charge in [-0.3, -0.25) is 9.59 Å². The maximum absolute atomic E-state index is 12.9. The van der Waals surface area contributed by atoms with Crippen LogP contribution in [-0.4, -0.2) is 82.3 Å². The Kier molecular flexibility index (Phi) is 68.8. The summed E-state index contributed by atoms with van der Waals surface area (Å²) in [5.74, 6) is -2.31. The average molecular weight is 1290 g/mol. The normalized spacial score (nSPS) is 13.6. The Balaban J connectivity index is 4.11. The number of carbonyl (C=O) groups excluding carboxylic acids is 3. The van der Waals surface area contributed by atoms with Crippen LogP contribution < -0.4 is 5.11 Å². The molecule has 0 aliphatic rings. The number of likely N-dealkylation sites (N-methyl/N-ethyl adjacent to an activating group) is 1. The van der Waals surface area contributed by atoms with E-state index in [-0.39, 0.29) is 38.6 Å². The molecule has 0 aliphatic heterocycles. The highest BCUT2D eigenvalue weighted by Gasteiger charge is 2.22. The lowest BCUT2D eigenvalue weighted by atomic mass is 10.0. The minimum absolute atomic E-state index is 0.138. The first-order valence-corrected chi connectivity index (χ1v) is 37.6. The van der Waals surface area contributed by atoms with E-state index in [9.17, 15) is 19.5 Å². The number of hydrogen-bond donors (Lipinski definition) is 0. The number of unbranched alkanes of at least 4 members (excludes halogenated alkanes) is 27. The third kappa shape index (κ3) is 74.2. The Morgan fingerprint density at radius 3 is 0.860 bits per heavy atom. The fourth-order valence-electron chi connectivity index (χ4n) is 10.1. The van der Waals surface area contributed by atoms with Crippen molar-refractivity contribution in [2.45, 2.75) is 309 Å². The van der Waals surface area contributed by atoms with Crippen molar-refractivity contribution in [1.82, 2.24) is 0 Å². The lowest BCUT2D eigenvalue weighted by molar-refractivity contribution is -0.870. The van der Waals surface area contributed by atoms with E-state index in [1.807, 2.05) is 21.1 Å². The second-order valence-corrected chi connectivity index (χ2v) is 25.8. The van der Waals surface area contributed by atoms with Crippen LogP contribution in [0.15, 0.2) is 158 Å². The average Bonchev–Trinajstić information content (AvgIpc) is 3.38. The molecule has 2 unspecified atom stereocenters. The molecular formula is C84H139NO8. The van der Waals surface area contributed by atoms with Crippen molar-refractivity contribution in [3.8, 4) is 0 Å². The monoisotopic (exact) mass is 1290 g/mol. The maximum Gasteiger partial charge on any atom is 0.306 e. The van der Waals surface area contributed by atoms with Gasteiger partial charge in [0.1, 0.15) is 13.2 Å². The summed E-state index contributed by atoms with van der Waals surface area (Å²) in [4.78, 5) is 37.6. The van der Waals surface area contributed by atoms with Crippen molar-refractivity contribution in [2.75, 3.05) is 47.5 Å². The van der Waals surface area contributed by atoms with Gasteiger partial charge in [0.05, 0.1) is 40.3 Å². The molecule has 9 heteroatoms. The van der Waals surface area contributed by atoms with Crippen LogP contribution in [0.3, 0.4) is 0 Å². The molecule has 9 nitrogen and oxygen atoms in total. The molecule has 0 spiro atoms. The van der Waals surface area contributed by atoms with Crippen LogP contribution in [0.2, 0.25) is 0 Å². The van der Waals surface area contributed by atoms with E-state index in [2.05, 4.69) is 172 Å². The van der Waals surface area contributed by atoms with E-state index < -0.39 is 24.3 Å². The lowest BCUT2D eigenvalue weighted by Crippen LogP contribution is -2.44. The number of carboxylic acids is 1. The first-order chi connectivity index (χ1) is 45.6. The Hall–Kier alpha value is -5.09. The largest absolute Gasteiger partial charge is 0.545 e. The summed E-state index contributed by atoms with van der Waals surface area (Å²) in [5, 5.41) is 11.8. The van der Waals surface area contributed by atoms with Crippen molar-refractivity contribution in [3.63, 3.8) is 0 Å². The highest BCUT2D eigenvalue weighted by molar-refractivity contribution is 5.70. The van der Waals surface area contributed by atoms with Gasteiger partial charge in [-0.25, -0.2) is 0 Å². The number of allylic oxidation sites excluding steroid dienone is 26. The highest BCUT2D eigenvalue weighted by Crippen LogP contribution is 2.17. The molecule has 0 radical (unpaired) electrons. The van der Waals surface area contributed by atoms with Crippen LogP contribution in [-0.2, 0) is 33.3 Å². The summed E-state index contributed by atoms with van der Waals surface area (Å²) in [6.45, 7) is 4.51. The van der Waals surface area contributed by atoms with Crippen LogP contribution in [0.1, 0.15) is 296 Å². The second kappa shape index (κ2) is 72.7. The minimum atomic E-state index is -1.64. The van der Waals surface area contributed by atoms with Gasteiger partial charge in [-0.15, -0.1) is 0 Å². The lowest BCUT2D eigenvalue weighted by Gasteiger charge is -2.26. The Bertz CT molecular complexity index is 2090. The molecule has 0 aromatic rings. The first-order valence-electron chi connectivity index (χ1n) is 37.6. The Morgan fingerprint density at radius 1 is 0.323 bits per heavy atom. The fraction of sp³-hybridized carbons (Fsp3) is 0.655. The number of hydrogen-bond acceptors (Lipinski definition) is 8. The van der Waals surface area contributed by atoms with Crippen LogP contribution in [0.5, 0.6) is 0 Å². The Labute approximate surface area is 572 Å². The van der Waals surface area contributed by atoms with Gasteiger partial charge in [0.25, 0.3) is 0 Å². The van der Waals surface area contributed by atoms with Gasteiger partial charge in [0.2, 0.25) is 0 Å². The Morgan fingerprint density at radius 2 is 0.581 bits per heavy atom. The van der Waals surface area contributed by atoms with Crippen molar-refractivity contribution in [3.05, 3.63) is 158 Å². The van der Waals surface area contributed by atoms with E-state index in [1.54, 1.807) is 0 Å². The summed E-state index contributed by atoms with van der Waals surface area (Å²) in [7, 11) is 5.92. The number of carboxylic acid groups (broad SMARTS) is 1. The van der Waals surface area contributed by atoms with Crippen molar-refractivity contribution in [2.24, 2.45) is 0 Å². The van der Waals surface area contributed by atoms with Crippen molar-refractivity contribution >= 4 is 17.9 Å². The van der Waals surface area contributed by atoms with Crippen LogP contribution in [0.4, 0.5) is 0 Å². The zero-order chi connectivity index (χ0) is 67.5. The molecule has 0 saturated heterocycles. The van der Waals surface area contributed by atoms with Crippen molar-refractivity contribution in [1.29, 1.82) is 0 Å². The zero-order valence-corrected chi connectivity index (χ0v) is 60.3. The van der Waals surface area contributed by atoms with E-state index >= 15 is 0 Å². The molecule has 528 valence electrons. The molecule has 0 aromatic heterocycles. The molecule has 0 saturated carbocycles. The van der Waals surface area contributed by atoms with E-state index in [0.717, 1.165) is 141 Å². The van der Waals surface area contributed by atoms with Gasteiger partial charge >= 0.3 is 11.9 Å². The molecule has 0 fully saturated rings. The molecule has 93 heavy (non-hydrogen) atoms. The van der Waals surface area contributed by atoms with Gasteiger partial charge in [-0.1, -0.05) is 320 Å². The number of aliphatic carboxylic acids is 1. The predicted molar refractivity (Wildman–Crippen MR) is 398 cm³/mol. The summed E-state index contributed by atoms with van der Waals surface area (Å²) < 4.78 is 22.8. The van der Waals surface area contributed by atoms with Gasteiger partial charge in [-0.2, -0.15) is 0 Å². The third-order valence-corrected chi connectivity index (χ3v) is 15.8. The SMILES string of the molecule is CC/C=C\C/C=C\C/C=C\C/C=C\C/C=C\C/C=C\C/C=C\C/C=C\CCCCCCCCC(=O)OC(COC(=O)CCCCCCCCCCCCCCCCCCCCCCC/C=C\C/C=C\C/C=C\C/C=C\C/C=C\CC)COC(OCC[N+](C)(C)C)C(=O)[O-]. The number of quaternary nitrogens is 1.